The van der Waals surface area contributed by atoms with Gasteiger partial charge in [-0.25, -0.2) is 0 Å². The van der Waals surface area contributed by atoms with Crippen LogP contribution in [-0.2, 0) is 9.53 Å². The van der Waals surface area contributed by atoms with Gasteiger partial charge >= 0.3 is 0 Å². The van der Waals surface area contributed by atoms with Crippen molar-refractivity contribution < 1.29 is 19.1 Å². The molecule has 1 aromatic rings. The molecule has 6 nitrogen and oxygen atoms in total. The molecule has 1 aromatic carbocycles. The Labute approximate surface area is 155 Å². The Morgan fingerprint density at radius 2 is 1.65 bits per heavy atom. The normalized spacial score (nSPS) is 21.0. The highest BCUT2D eigenvalue weighted by atomic mass is 16.5. The summed E-state index contributed by atoms with van der Waals surface area (Å²) in [6.45, 7) is 8.88. The van der Waals surface area contributed by atoms with Crippen molar-refractivity contribution in [2.45, 2.75) is 45.3 Å². The van der Waals surface area contributed by atoms with Crippen LogP contribution >= 0.6 is 0 Å². The number of hydrogen-bond donors (Lipinski definition) is 0. The van der Waals surface area contributed by atoms with Crippen molar-refractivity contribution in [1.82, 2.24) is 9.80 Å². The van der Waals surface area contributed by atoms with Crippen molar-refractivity contribution in [1.29, 1.82) is 0 Å². The van der Waals surface area contributed by atoms with Gasteiger partial charge in [-0.15, -0.1) is 0 Å². The lowest BCUT2D eigenvalue weighted by atomic mass is 10.1. The number of piperazine rings is 1. The van der Waals surface area contributed by atoms with E-state index in [0.29, 0.717) is 38.3 Å². The summed E-state index contributed by atoms with van der Waals surface area (Å²) >= 11 is 0. The SMILES string of the molecule is CC(C)(C)Oc1ccc(C(=O)N2CCN(C(=O)C3CCCO3)CC2)cc1. The number of rotatable bonds is 3. The number of ether oxygens (including phenoxy) is 2. The Bertz CT molecular complexity index is 637. The van der Waals surface area contributed by atoms with Crippen LogP contribution in [0.2, 0.25) is 0 Å². The number of carbonyl (C=O) groups is 2. The Hall–Kier alpha value is -2.08. The zero-order valence-electron chi connectivity index (χ0n) is 15.9. The van der Waals surface area contributed by atoms with Gasteiger partial charge < -0.3 is 19.3 Å². The van der Waals surface area contributed by atoms with Crippen molar-refractivity contribution >= 4 is 11.8 Å². The fraction of sp³-hybridized carbons (Fsp3) is 0.600. The summed E-state index contributed by atoms with van der Waals surface area (Å²) in [5.74, 6) is 0.816. The fourth-order valence-corrected chi connectivity index (χ4v) is 3.31. The maximum absolute atomic E-state index is 12.7. The molecule has 6 heteroatoms. The molecule has 0 radical (unpaired) electrons. The van der Waals surface area contributed by atoms with Crippen molar-refractivity contribution in [3.63, 3.8) is 0 Å². The minimum Gasteiger partial charge on any atom is -0.488 e. The van der Waals surface area contributed by atoms with Gasteiger partial charge in [-0.3, -0.25) is 9.59 Å². The first-order valence-electron chi connectivity index (χ1n) is 9.32. The average Bonchev–Trinajstić information content (AvgIpc) is 3.14. The Balaban J connectivity index is 1.54. The Morgan fingerprint density at radius 3 is 2.19 bits per heavy atom. The van der Waals surface area contributed by atoms with Crippen LogP contribution in [0.3, 0.4) is 0 Å². The van der Waals surface area contributed by atoms with Crippen molar-refractivity contribution in [3.8, 4) is 5.75 Å². The number of nitrogens with zero attached hydrogens (tertiary/aromatic N) is 2. The second-order valence-electron chi connectivity index (χ2n) is 7.86. The fourth-order valence-electron chi connectivity index (χ4n) is 3.31. The minimum absolute atomic E-state index is 0.00322. The van der Waals surface area contributed by atoms with E-state index >= 15 is 0 Å². The lowest BCUT2D eigenvalue weighted by molar-refractivity contribution is -0.142. The summed E-state index contributed by atoms with van der Waals surface area (Å²) in [6.07, 6.45) is 1.47. The molecule has 0 aliphatic carbocycles. The predicted molar refractivity (Wildman–Crippen MR) is 98.3 cm³/mol. The molecule has 2 amide bonds. The molecule has 1 atom stereocenters. The molecule has 2 aliphatic heterocycles. The highest BCUT2D eigenvalue weighted by molar-refractivity contribution is 5.94. The second kappa shape index (κ2) is 7.66. The molecule has 0 spiro atoms. The van der Waals surface area contributed by atoms with Gasteiger partial charge in [-0.1, -0.05) is 0 Å². The molecule has 3 rings (SSSR count). The number of carbonyl (C=O) groups excluding carboxylic acids is 2. The molecule has 2 saturated heterocycles. The maximum Gasteiger partial charge on any atom is 0.253 e. The molecule has 2 fully saturated rings. The molecular formula is C20H28N2O4. The van der Waals surface area contributed by atoms with Crippen LogP contribution in [0, 0.1) is 0 Å². The zero-order valence-corrected chi connectivity index (χ0v) is 15.9. The van der Waals surface area contributed by atoms with Crippen LogP contribution in [0.5, 0.6) is 5.75 Å². The molecule has 2 aliphatic rings. The van der Waals surface area contributed by atoms with E-state index in [1.54, 1.807) is 17.0 Å². The van der Waals surface area contributed by atoms with Gasteiger partial charge in [0.05, 0.1) is 0 Å². The summed E-state index contributed by atoms with van der Waals surface area (Å²) in [4.78, 5) is 28.7. The third-order valence-electron chi connectivity index (χ3n) is 4.61. The summed E-state index contributed by atoms with van der Waals surface area (Å²) in [5, 5.41) is 0. The van der Waals surface area contributed by atoms with Gasteiger partial charge in [0.1, 0.15) is 17.5 Å². The van der Waals surface area contributed by atoms with Crippen LogP contribution in [0.1, 0.15) is 44.0 Å². The van der Waals surface area contributed by atoms with E-state index in [1.165, 1.54) is 0 Å². The molecule has 2 heterocycles. The van der Waals surface area contributed by atoms with E-state index in [2.05, 4.69) is 0 Å². The van der Waals surface area contributed by atoms with Crippen molar-refractivity contribution in [2.75, 3.05) is 32.8 Å². The van der Waals surface area contributed by atoms with Crippen molar-refractivity contribution in [3.05, 3.63) is 29.8 Å². The smallest absolute Gasteiger partial charge is 0.253 e. The third-order valence-corrected chi connectivity index (χ3v) is 4.61. The highest BCUT2D eigenvalue weighted by Gasteiger charge is 2.31. The molecule has 0 bridgehead atoms. The lowest BCUT2D eigenvalue weighted by Crippen LogP contribution is -2.52. The molecule has 0 aromatic heterocycles. The van der Waals surface area contributed by atoms with Crippen LogP contribution in [-0.4, -0.2) is 66.1 Å². The molecule has 26 heavy (non-hydrogen) atoms. The van der Waals surface area contributed by atoms with Crippen LogP contribution in [0.15, 0.2) is 24.3 Å². The summed E-state index contributed by atoms with van der Waals surface area (Å²) in [7, 11) is 0. The van der Waals surface area contributed by atoms with Crippen LogP contribution < -0.4 is 4.74 Å². The van der Waals surface area contributed by atoms with Gasteiger partial charge in [0.25, 0.3) is 11.8 Å². The van der Waals surface area contributed by atoms with Gasteiger partial charge in [0.15, 0.2) is 0 Å². The molecule has 0 saturated carbocycles. The Kier molecular flexibility index (Phi) is 5.51. The molecule has 0 N–H and O–H groups in total. The van der Waals surface area contributed by atoms with E-state index in [0.717, 1.165) is 18.6 Å². The topological polar surface area (TPSA) is 59.1 Å². The first-order valence-corrected chi connectivity index (χ1v) is 9.32. The zero-order chi connectivity index (χ0) is 18.7. The van der Waals surface area contributed by atoms with E-state index in [4.69, 9.17) is 9.47 Å². The van der Waals surface area contributed by atoms with E-state index in [-0.39, 0.29) is 23.5 Å². The third kappa shape index (κ3) is 4.55. The molecule has 1 unspecified atom stereocenters. The lowest BCUT2D eigenvalue weighted by Gasteiger charge is -2.35. The first kappa shape index (κ1) is 18.7. The van der Waals surface area contributed by atoms with E-state index in [1.807, 2.05) is 37.8 Å². The minimum atomic E-state index is -0.285. The largest absolute Gasteiger partial charge is 0.488 e. The second-order valence-corrected chi connectivity index (χ2v) is 7.86. The molecular weight excluding hydrogens is 332 g/mol. The van der Waals surface area contributed by atoms with Crippen molar-refractivity contribution in [2.24, 2.45) is 0 Å². The highest BCUT2D eigenvalue weighted by Crippen LogP contribution is 2.20. The summed E-state index contributed by atoms with van der Waals surface area (Å²) < 4.78 is 11.3. The average molecular weight is 360 g/mol. The van der Waals surface area contributed by atoms with Gasteiger partial charge in [0.2, 0.25) is 0 Å². The molecule has 142 valence electrons. The number of amides is 2. The van der Waals surface area contributed by atoms with Crippen LogP contribution in [0.25, 0.3) is 0 Å². The monoisotopic (exact) mass is 360 g/mol. The first-order chi connectivity index (χ1) is 12.3. The summed E-state index contributed by atoms with van der Waals surface area (Å²) in [6, 6.07) is 7.26. The van der Waals surface area contributed by atoms with E-state index < -0.39 is 0 Å². The number of hydrogen-bond acceptors (Lipinski definition) is 4. The quantitative estimate of drug-likeness (QED) is 0.830. The predicted octanol–water partition coefficient (Wildman–Crippen LogP) is 2.33. The Morgan fingerprint density at radius 1 is 1.04 bits per heavy atom. The van der Waals surface area contributed by atoms with Gasteiger partial charge in [-0.2, -0.15) is 0 Å². The van der Waals surface area contributed by atoms with Crippen LogP contribution in [0.4, 0.5) is 0 Å². The van der Waals surface area contributed by atoms with E-state index in [9.17, 15) is 9.59 Å². The van der Waals surface area contributed by atoms with Gasteiger partial charge in [-0.05, 0) is 57.9 Å². The standard InChI is InChI=1S/C20H28N2O4/c1-20(2,3)26-16-8-6-15(7-9-16)18(23)21-10-12-22(13-11-21)19(24)17-5-4-14-25-17/h6-9,17H,4-5,10-14H2,1-3H3. The maximum atomic E-state index is 12.7. The van der Waals surface area contributed by atoms with Gasteiger partial charge in [0, 0.05) is 38.3 Å². The number of benzene rings is 1. The summed E-state index contributed by atoms with van der Waals surface area (Å²) in [5.41, 5.74) is 0.377.